The number of ether oxygens (including phenoxy) is 1. The molecule has 1 amide bonds. The Morgan fingerprint density at radius 1 is 1.52 bits per heavy atom. The predicted octanol–water partition coefficient (Wildman–Crippen LogP) is 1.57. The lowest BCUT2D eigenvalue weighted by molar-refractivity contribution is -0.384. The molecule has 1 unspecified atom stereocenters. The minimum Gasteiger partial charge on any atom is -0.469 e. The van der Waals surface area contributed by atoms with Crippen molar-refractivity contribution < 1.29 is 23.6 Å². The largest absolute Gasteiger partial charge is 0.469 e. The number of methoxy groups -OCH3 is 1. The summed E-state index contributed by atoms with van der Waals surface area (Å²) in [6.07, 6.45) is -0.111. The molecule has 0 bridgehead atoms. The zero-order valence-corrected chi connectivity index (χ0v) is 11.5. The third kappa shape index (κ3) is 2.56. The summed E-state index contributed by atoms with van der Waals surface area (Å²) in [5, 5.41) is 11.1. The molecule has 1 fully saturated rings. The van der Waals surface area contributed by atoms with Crippen molar-refractivity contribution in [3.63, 3.8) is 0 Å². The second-order valence-electron chi connectivity index (χ2n) is 4.73. The third-order valence-corrected chi connectivity index (χ3v) is 3.47. The predicted molar refractivity (Wildman–Crippen MR) is 70.3 cm³/mol. The Morgan fingerprint density at radius 2 is 2.19 bits per heavy atom. The minimum atomic E-state index is -0.704. The Hall–Kier alpha value is -2.51. The standard InChI is InChI=1S/C13H13FN2O5/c1-7-9(14)3-4-10(16(19)20)12(7)15-6-8(5-11(15)17)13(18)21-2/h3-4,8H,5-6H2,1-2H3. The molecule has 2 rings (SSSR count). The number of rotatable bonds is 3. The van der Waals surface area contributed by atoms with E-state index in [4.69, 9.17) is 0 Å². The maximum atomic E-state index is 13.7. The molecule has 1 aromatic carbocycles. The van der Waals surface area contributed by atoms with Gasteiger partial charge in [0.05, 0.1) is 18.0 Å². The number of anilines is 1. The molecule has 1 aromatic rings. The van der Waals surface area contributed by atoms with Gasteiger partial charge in [0.15, 0.2) is 0 Å². The molecular weight excluding hydrogens is 283 g/mol. The number of nitro groups is 1. The number of carbonyl (C=O) groups excluding carboxylic acids is 2. The second kappa shape index (κ2) is 5.47. The van der Waals surface area contributed by atoms with Gasteiger partial charge in [0.25, 0.3) is 5.69 Å². The zero-order chi connectivity index (χ0) is 15.7. The Labute approximate surface area is 119 Å². The summed E-state index contributed by atoms with van der Waals surface area (Å²) >= 11 is 0. The van der Waals surface area contributed by atoms with Gasteiger partial charge in [0, 0.05) is 24.6 Å². The van der Waals surface area contributed by atoms with E-state index in [0.29, 0.717) is 0 Å². The summed E-state index contributed by atoms with van der Waals surface area (Å²) in [5.41, 5.74) is -0.466. The number of hydrogen-bond acceptors (Lipinski definition) is 5. The molecule has 0 spiro atoms. The van der Waals surface area contributed by atoms with Crippen LogP contribution in [0.25, 0.3) is 0 Å². The lowest BCUT2D eigenvalue weighted by Crippen LogP contribution is -2.28. The molecule has 8 heteroatoms. The number of benzene rings is 1. The van der Waals surface area contributed by atoms with Crippen molar-refractivity contribution in [2.45, 2.75) is 13.3 Å². The van der Waals surface area contributed by atoms with Crippen molar-refractivity contribution in [1.29, 1.82) is 0 Å². The van der Waals surface area contributed by atoms with Crippen molar-refractivity contribution in [3.05, 3.63) is 33.6 Å². The first-order valence-corrected chi connectivity index (χ1v) is 6.18. The van der Waals surface area contributed by atoms with E-state index in [9.17, 15) is 24.1 Å². The van der Waals surface area contributed by atoms with Gasteiger partial charge in [0.2, 0.25) is 5.91 Å². The van der Waals surface area contributed by atoms with E-state index in [2.05, 4.69) is 4.74 Å². The Bertz CT molecular complexity index is 631. The molecule has 7 nitrogen and oxygen atoms in total. The van der Waals surface area contributed by atoms with Crippen LogP contribution in [0.15, 0.2) is 12.1 Å². The number of amides is 1. The first-order valence-electron chi connectivity index (χ1n) is 6.18. The first-order chi connectivity index (χ1) is 9.86. The van der Waals surface area contributed by atoms with E-state index in [-0.39, 0.29) is 29.9 Å². The highest BCUT2D eigenvalue weighted by atomic mass is 19.1. The van der Waals surface area contributed by atoms with E-state index in [1.165, 1.54) is 14.0 Å². The number of carbonyl (C=O) groups is 2. The van der Waals surface area contributed by atoms with E-state index in [1.807, 2.05) is 0 Å². The van der Waals surface area contributed by atoms with Gasteiger partial charge in [0.1, 0.15) is 11.5 Å². The molecule has 0 aliphatic carbocycles. The Balaban J connectivity index is 2.47. The van der Waals surface area contributed by atoms with Crippen LogP contribution in [0.1, 0.15) is 12.0 Å². The van der Waals surface area contributed by atoms with Gasteiger partial charge < -0.3 is 9.64 Å². The summed E-state index contributed by atoms with van der Waals surface area (Å²) in [6.45, 7) is 1.30. The van der Waals surface area contributed by atoms with E-state index >= 15 is 0 Å². The second-order valence-corrected chi connectivity index (χ2v) is 4.73. The lowest BCUT2D eigenvalue weighted by atomic mass is 10.1. The molecule has 112 valence electrons. The van der Waals surface area contributed by atoms with Crippen molar-refractivity contribution in [1.82, 2.24) is 0 Å². The van der Waals surface area contributed by atoms with Crippen molar-refractivity contribution in [2.75, 3.05) is 18.6 Å². The van der Waals surface area contributed by atoms with E-state index in [0.717, 1.165) is 17.0 Å². The molecule has 1 aliphatic rings. The van der Waals surface area contributed by atoms with Crippen LogP contribution in [0.3, 0.4) is 0 Å². The average Bonchev–Trinajstić information content (AvgIpc) is 2.82. The van der Waals surface area contributed by atoms with Gasteiger partial charge in [-0.25, -0.2) is 4.39 Å². The number of esters is 1. The van der Waals surface area contributed by atoms with E-state index in [1.54, 1.807) is 0 Å². The van der Waals surface area contributed by atoms with Gasteiger partial charge in [-0.15, -0.1) is 0 Å². The number of nitrogens with zero attached hydrogens (tertiary/aromatic N) is 2. The Morgan fingerprint density at radius 3 is 2.76 bits per heavy atom. The summed E-state index contributed by atoms with van der Waals surface area (Å²) in [5.74, 6) is -2.39. The average molecular weight is 296 g/mol. The van der Waals surface area contributed by atoms with Crippen LogP contribution in [0, 0.1) is 28.8 Å². The van der Waals surface area contributed by atoms with Crippen molar-refractivity contribution in [3.8, 4) is 0 Å². The monoisotopic (exact) mass is 296 g/mol. The lowest BCUT2D eigenvalue weighted by Gasteiger charge is -2.19. The van der Waals surface area contributed by atoms with Crippen LogP contribution in [-0.2, 0) is 14.3 Å². The van der Waals surface area contributed by atoms with Crippen molar-refractivity contribution in [2.24, 2.45) is 5.92 Å². The van der Waals surface area contributed by atoms with Gasteiger partial charge in [-0.3, -0.25) is 19.7 Å². The van der Waals surface area contributed by atoms with Crippen LogP contribution in [0.4, 0.5) is 15.8 Å². The van der Waals surface area contributed by atoms with Crippen molar-refractivity contribution >= 4 is 23.3 Å². The third-order valence-electron chi connectivity index (χ3n) is 3.47. The summed E-state index contributed by atoms with van der Waals surface area (Å²) < 4.78 is 18.2. The summed E-state index contributed by atoms with van der Waals surface area (Å²) in [7, 11) is 1.20. The zero-order valence-electron chi connectivity index (χ0n) is 11.5. The summed E-state index contributed by atoms with van der Waals surface area (Å²) in [4.78, 5) is 35.0. The van der Waals surface area contributed by atoms with Crippen LogP contribution in [-0.4, -0.2) is 30.5 Å². The molecule has 1 aliphatic heterocycles. The fourth-order valence-corrected chi connectivity index (χ4v) is 2.40. The molecule has 0 radical (unpaired) electrons. The maximum absolute atomic E-state index is 13.7. The van der Waals surface area contributed by atoms with Crippen LogP contribution in [0.2, 0.25) is 0 Å². The summed E-state index contributed by atoms with van der Waals surface area (Å²) in [6, 6.07) is 1.99. The molecule has 1 atom stereocenters. The first kappa shape index (κ1) is 14.9. The molecule has 0 N–H and O–H groups in total. The molecule has 0 aromatic heterocycles. The quantitative estimate of drug-likeness (QED) is 0.480. The smallest absolute Gasteiger partial charge is 0.311 e. The highest BCUT2D eigenvalue weighted by Gasteiger charge is 2.39. The molecule has 0 saturated carbocycles. The molecule has 21 heavy (non-hydrogen) atoms. The number of nitro benzene ring substituents is 1. The van der Waals surface area contributed by atoms with Crippen LogP contribution < -0.4 is 4.90 Å². The van der Waals surface area contributed by atoms with Crippen LogP contribution >= 0.6 is 0 Å². The SMILES string of the molecule is COC(=O)C1CC(=O)N(c2c([N+](=O)[O-])ccc(F)c2C)C1. The Kier molecular flexibility index (Phi) is 3.88. The fraction of sp³-hybridized carbons (Fsp3) is 0.385. The van der Waals surface area contributed by atoms with Gasteiger partial charge in [-0.05, 0) is 13.0 Å². The fourth-order valence-electron chi connectivity index (χ4n) is 2.40. The molecular formula is C13H13FN2O5. The normalized spacial score (nSPS) is 18.0. The highest BCUT2D eigenvalue weighted by molar-refractivity contribution is 6.01. The molecule has 1 saturated heterocycles. The topological polar surface area (TPSA) is 89.8 Å². The van der Waals surface area contributed by atoms with Gasteiger partial charge in [-0.1, -0.05) is 0 Å². The number of hydrogen-bond donors (Lipinski definition) is 0. The van der Waals surface area contributed by atoms with Gasteiger partial charge >= 0.3 is 5.97 Å². The highest BCUT2D eigenvalue weighted by Crippen LogP contribution is 2.37. The minimum absolute atomic E-state index is 0.00284. The number of halogens is 1. The molecule has 1 heterocycles. The maximum Gasteiger partial charge on any atom is 0.311 e. The van der Waals surface area contributed by atoms with E-state index < -0.39 is 28.5 Å². The van der Waals surface area contributed by atoms with Crippen LogP contribution in [0.5, 0.6) is 0 Å². The van der Waals surface area contributed by atoms with Gasteiger partial charge in [-0.2, -0.15) is 0 Å².